The summed E-state index contributed by atoms with van der Waals surface area (Å²) in [5.41, 5.74) is 0. The Kier molecular flexibility index (Phi) is 10.1. The van der Waals surface area contributed by atoms with E-state index < -0.39 is 24.4 Å². The molecule has 14 heavy (non-hydrogen) atoms. The second-order valence-electron chi connectivity index (χ2n) is 2.43. The van der Waals surface area contributed by atoms with Crippen molar-refractivity contribution in [1.29, 1.82) is 0 Å². The van der Waals surface area contributed by atoms with Crippen molar-refractivity contribution in [2.45, 2.75) is 31.3 Å². The van der Waals surface area contributed by atoms with Gasteiger partial charge in [-0.05, 0) is 6.92 Å². The van der Waals surface area contributed by atoms with E-state index in [2.05, 4.69) is 5.04 Å². The molecule has 8 heteroatoms. The quantitative estimate of drug-likeness (QED) is 0.172. The minimum atomic E-state index is -1.65. The van der Waals surface area contributed by atoms with Gasteiger partial charge in [-0.3, -0.25) is 0 Å². The molecule has 0 aromatic rings. The Morgan fingerprint density at radius 2 is 1.43 bits per heavy atom. The number of aliphatic hydroxyl groups is 4. The SMILES string of the molecule is C[C@H](O)[C@@H](O)[C@@H](O)[C@H](O)C=O.OOO. The van der Waals surface area contributed by atoms with E-state index in [0.29, 0.717) is 0 Å². The van der Waals surface area contributed by atoms with E-state index >= 15 is 0 Å². The van der Waals surface area contributed by atoms with Crippen LogP contribution >= 0.6 is 0 Å². The van der Waals surface area contributed by atoms with Gasteiger partial charge < -0.3 is 25.2 Å². The normalized spacial score (nSPS) is 18.5. The molecule has 0 spiro atoms. The Labute approximate surface area is 79.5 Å². The molecule has 0 amide bonds. The summed E-state index contributed by atoms with van der Waals surface area (Å²) in [7, 11) is 0. The molecule has 0 bridgehead atoms. The lowest BCUT2D eigenvalue weighted by atomic mass is 10.1. The minimum absolute atomic E-state index is 0.0935. The molecule has 0 rings (SSSR count). The first-order chi connectivity index (χ1) is 6.42. The van der Waals surface area contributed by atoms with E-state index in [9.17, 15) is 4.79 Å². The van der Waals surface area contributed by atoms with Gasteiger partial charge >= 0.3 is 0 Å². The lowest BCUT2D eigenvalue weighted by Gasteiger charge is -2.21. The van der Waals surface area contributed by atoms with Crippen molar-refractivity contribution in [1.82, 2.24) is 0 Å². The summed E-state index contributed by atoms with van der Waals surface area (Å²) in [6.45, 7) is 1.24. The van der Waals surface area contributed by atoms with E-state index in [1.807, 2.05) is 0 Å². The third kappa shape index (κ3) is 6.86. The Bertz CT molecular complexity index is 138. The van der Waals surface area contributed by atoms with Crippen LogP contribution in [-0.2, 0) is 9.83 Å². The number of hydrogen-bond acceptors (Lipinski definition) is 8. The molecule has 0 aromatic heterocycles. The first kappa shape index (κ1) is 15.8. The molecule has 4 atom stereocenters. The highest BCUT2D eigenvalue weighted by Gasteiger charge is 2.27. The average molecular weight is 214 g/mol. The maximum Gasteiger partial charge on any atom is 0.151 e. The third-order valence-electron chi connectivity index (χ3n) is 1.33. The van der Waals surface area contributed by atoms with Crippen LogP contribution in [-0.4, -0.2) is 61.6 Å². The van der Waals surface area contributed by atoms with Gasteiger partial charge in [0.05, 0.1) is 6.10 Å². The fourth-order valence-electron chi connectivity index (χ4n) is 0.568. The van der Waals surface area contributed by atoms with E-state index in [4.69, 9.17) is 30.9 Å². The third-order valence-corrected chi connectivity index (χ3v) is 1.33. The number of rotatable bonds is 4. The standard InChI is InChI=1S/C6H12O5.H2O3/c1-3(8)5(10)6(11)4(9)2-7;1-3-2/h2-6,8-11H,1H3;1-2H/t3-,4+,5+,6-;/m0./s1. The summed E-state index contributed by atoms with van der Waals surface area (Å²) in [4.78, 5) is 9.87. The molecule has 8 nitrogen and oxygen atoms in total. The molecule has 0 saturated carbocycles. The van der Waals surface area contributed by atoms with E-state index in [1.165, 1.54) is 6.92 Å². The summed E-state index contributed by atoms with van der Waals surface area (Å²) < 4.78 is 0. The number of carbonyl (C=O) groups is 1. The highest BCUT2D eigenvalue weighted by atomic mass is 17.4. The van der Waals surface area contributed by atoms with Crippen molar-refractivity contribution in [3.8, 4) is 0 Å². The number of hydrogen-bond donors (Lipinski definition) is 6. The number of aldehydes is 1. The van der Waals surface area contributed by atoms with Crippen molar-refractivity contribution in [2.24, 2.45) is 0 Å². The van der Waals surface area contributed by atoms with E-state index in [1.54, 1.807) is 0 Å². The van der Waals surface area contributed by atoms with Gasteiger partial charge in [0.15, 0.2) is 6.29 Å². The number of aliphatic hydroxyl groups excluding tert-OH is 4. The summed E-state index contributed by atoms with van der Waals surface area (Å²) in [5.74, 6) is 0. The first-order valence-electron chi connectivity index (χ1n) is 3.54. The van der Waals surface area contributed by atoms with Crippen LogP contribution in [0.4, 0.5) is 0 Å². The molecule has 0 aliphatic heterocycles. The maximum atomic E-state index is 9.87. The Hall–Kier alpha value is -0.610. The molecular formula is C6H14O8. The van der Waals surface area contributed by atoms with Crippen molar-refractivity contribution in [3.05, 3.63) is 0 Å². The number of carbonyl (C=O) groups excluding carboxylic acids is 1. The molecule has 0 fully saturated rings. The predicted molar refractivity (Wildman–Crippen MR) is 42.1 cm³/mol. The van der Waals surface area contributed by atoms with Gasteiger partial charge in [-0.1, -0.05) is 5.04 Å². The smallest absolute Gasteiger partial charge is 0.151 e. The Morgan fingerprint density at radius 1 is 1.07 bits per heavy atom. The second kappa shape index (κ2) is 8.97. The zero-order chi connectivity index (χ0) is 11.7. The van der Waals surface area contributed by atoms with Crippen LogP contribution in [0, 0.1) is 0 Å². The molecular weight excluding hydrogens is 200 g/mol. The zero-order valence-corrected chi connectivity index (χ0v) is 7.39. The van der Waals surface area contributed by atoms with Crippen LogP contribution in [0.15, 0.2) is 0 Å². The van der Waals surface area contributed by atoms with Crippen LogP contribution in [0.5, 0.6) is 0 Å². The zero-order valence-electron chi connectivity index (χ0n) is 7.39. The van der Waals surface area contributed by atoms with E-state index in [0.717, 1.165) is 0 Å². The highest BCUT2D eigenvalue weighted by Crippen LogP contribution is 2.02. The van der Waals surface area contributed by atoms with Gasteiger partial charge in [-0.15, -0.1) is 0 Å². The van der Waals surface area contributed by atoms with Crippen molar-refractivity contribution >= 4 is 6.29 Å². The minimum Gasteiger partial charge on any atom is -0.391 e. The summed E-state index contributed by atoms with van der Waals surface area (Å²) in [6, 6.07) is 0. The average Bonchev–Trinajstić information content (AvgIpc) is 2.15. The monoisotopic (exact) mass is 214 g/mol. The van der Waals surface area contributed by atoms with Gasteiger partial charge in [0, 0.05) is 0 Å². The summed E-state index contributed by atoms with van der Waals surface area (Å²) >= 11 is 0. The topological polar surface area (TPSA) is 148 Å². The van der Waals surface area contributed by atoms with Crippen LogP contribution in [0.2, 0.25) is 0 Å². The lowest BCUT2D eigenvalue weighted by molar-refractivity contribution is -0.465. The fourth-order valence-corrected chi connectivity index (χ4v) is 0.568. The molecule has 0 aliphatic rings. The van der Waals surface area contributed by atoms with Gasteiger partial charge in [-0.2, -0.15) is 0 Å². The van der Waals surface area contributed by atoms with Gasteiger partial charge in [0.1, 0.15) is 18.3 Å². The molecule has 0 aliphatic carbocycles. The van der Waals surface area contributed by atoms with Crippen LogP contribution < -0.4 is 0 Å². The Morgan fingerprint density at radius 3 is 1.64 bits per heavy atom. The highest BCUT2D eigenvalue weighted by molar-refractivity contribution is 5.56. The predicted octanol–water partition coefficient (Wildman–Crippen LogP) is -2.40. The van der Waals surface area contributed by atoms with Crippen LogP contribution in [0.1, 0.15) is 6.92 Å². The lowest BCUT2D eigenvalue weighted by Crippen LogP contribution is -2.43. The molecule has 0 aromatic carbocycles. The largest absolute Gasteiger partial charge is 0.391 e. The van der Waals surface area contributed by atoms with Gasteiger partial charge in [0.25, 0.3) is 0 Å². The first-order valence-corrected chi connectivity index (χ1v) is 3.54. The molecule has 6 N–H and O–H groups in total. The van der Waals surface area contributed by atoms with Crippen LogP contribution in [0.25, 0.3) is 0 Å². The van der Waals surface area contributed by atoms with Crippen molar-refractivity contribution < 1.29 is 40.8 Å². The van der Waals surface area contributed by atoms with Gasteiger partial charge in [-0.25, -0.2) is 10.5 Å². The maximum absolute atomic E-state index is 9.87. The summed E-state index contributed by atoms with van der Waals surface area (Å²) in [5, 5.41) is 50.6. The van der Waals surface area contributed by atoms with E-state index in [-0.39, 0.29) is 6.29 Å². The fraction of sp³-hybridized carbons (Fsp3) is 0.833. The van der Waals surface area contributed by atoms with Crippen molar-refractivity contribution in [3.63, 3.8) is 0 Å². The Balaban J connectivity index is 0. The second-order valence-corrected chi connectivity index (χ2v) is 2.43. The summed E-state index contributed by atoms with van der Waals surface area (Å²) in [6.07, 6.45) is -5.88. The molecule has 0 radical (unpaired) electrons. The van der Waals surface area contributed by atoms with Crippen LogP contribution in [0.3, 0.4) is 0 Å². The van der Waals surface area contributed by atoms with Gasteiger partial charge in [0.2, 0.25) is 0 Å². The molecule has 0 heterocycles. The molecule has 0 saturated heterocycles. The molecule has 86 valence electrons. The molecule has 0 unspecified atom stereocenters. The van der Waals surface area contributed by atoms with Crippen molar-refractivity contribution in [2.75, 3.05) is 0 Å².